The molecule has 154 valence electrons. The first-order chi connectivity index (χ1) is 13.9. The van der Waals surface area contributed by atoms with E-state index in [1.54, 1.807) is 30.5 Å². The molecule has 29 heavy (non-hydrogen) atoms. The second kappa shape index (κ2) is 7.88. The van der Waals surface area contributed by atoms with Gasteiger partial charge in [0.1, 0.15) is 5.75 Å². The van der Waals surface area contributed by atoms with Crippen molar-refractivity contribution < 1.29 is 17.9 Å². The summed E-state index contributed by atoms with van der Waals surface area (Å²) in [6.07, 6.45) is -2.98. The van der Waals surface area contributed by atoms with Gasteiger partial charge in [0.05, 0.1) is 6.67 Å². The maximum atomic E-state index is 12.4. The van der Waals surface area contributed by atoms with Crippen molar-refractivity contribution in [2.24, 2.45) is 0 Å². The number of aromatic nitrogens is 3. The third-order valence-electron chi connectivity index (χ3n) is 4.85. The number of hydrogen-bond donors (Lipinski definition) is 0. The van der Waals surface area contributed by atoms with E-state index >= 15 is 0 Å². The molecule has 0 N–H and O–H groups in total. The van der Waals surface area contributed by atoms with Crippen LogP contribution in [0.2, 0.25) is 0 Å². The number of rotatable bonds is 5. The molecule has 1 saturated heterocycles. The Morgan fingerprint density at radius 1 is 0.966 bits per heavy atom. The molecule has 2 aromatic heterocycles. The van der Waals surface area contributed by atoms with Crippen LogP contribution in [0.1, 0.15) is 5.56 Å². The molecule has 0 aliphatic carbocycles. The summed E-state index contributed by atoms with van der Waals surface area (Å²) < 4.78 is 43.6. The molecule has 3 aromatic rings. The van der Waals surface area contributed by atoms with Gasteiger partial charge in [-0.2, -0.15) is 4.68 Å². The van der Waals surface area contributed by atoms with Crippen LogP contribution in [-0.2, 0) is 13.2 Å². The zero-order valence-electron chi connectivity index (χ0n) is 15.5. The summed E-state index contributed by atoms with van der Waals surface area (Å²) >= 11 is 0. The van der Waals surface area contributed by atoms with Gasteiger partial charge in [-0.15, -0.1) is 18.3 Å². The number of nitrogens with zero attached hydrogens (tertiary/aromatic N) is 5. The van der Waals surface area contributed by atoms with E-state index in [0.717, 1.165) is 31.7 Å². The highest BCUT2D eigenvalue weighted by atomic mass is 19.4. The van der Waals surface area contributed by atoms with Crippen molar-refractivity contribution in [2.75, 3.05) is 26.2 Å². The van der Waals surface area contributed by atoms with Crippen LogP contribution < -0.4 is 10.4 Å². The smallest absolute Gasteiger partial charge is 0.406 e. The van der Waals surface area contributed by atoms with Gasteiger partial charge in [0, 0.05) is 38.9 Å². The summed E-state index contributed by atoms with van der Waals surface area (Å²) in [5.41, 5.74) is 1.38. The molecule has 0 radical (unpaired) electrons. The summed E-state index contributed by atoms with van der Waals surface area (Å²) in [6, 6.07) is 11.4. The Kier molecular flexibility index (Phi) is 5.29. The van der Waals surface area contributed by atoms with E-state index < -0.39 is 6.36 Å². The number of hydrogen-bond acceptors (Lipinski definition) is 5. The van der Waals surface area contributed by atoms with E-state index in [2.05, 4.69) is 19.6 Å². The molecule has 4 rings (SSSR count). The second-order valence-electron chi connectivity index (χ2n) is 6.94. The number of fused-ring (bicyclic) bond motifs is 1. The number of pyridine rings is 1. The molecule has 0 spiro atoms. The highest BCUT2D eigenvalue weighted by Gasteiger charge is 2.31. The van der Waals surface area contributed by atoms with Crippen molar-refractivity contribution in [1.29, 1.82) is 0 Å². The van der Waals surface area contributed by atoms with E-state index in [4.69, 9.17) is 0 Å². The van der Waals surface area contributed by atoms with Gasteiger partial charge in [0.2, 0.25) is 0 Å². The lowest BCUT2D eigenvalue weighted by Gasteiger charge is -2.34. The fourth-order valence-electron chi connectivity index (χ4n) is 3.39. The molecule has 1 aliphatic heterocycles. The SMILES string of the molecule is O=c1n(CN2CCN(Cc3ccc(OC(F)(F)F)cc3)CC2)nc2ccccn12. The molecule has 0 atom stereocenters. The van der Waals surface area contributed by atoms with Crippen LogP contribution in [-0.4, -0.2) is 56.5 Å². The van der Waals surface area contributed by atoms with E-state index in [-0.39, 0.29) is 11.4 Å². The number of piperazine rings is 1. The van der Waals surface area contributed by atoms with Crippen molar-refractivity contribution >= 4 is 5.65 Å². The zero-order valence-corrected chi connectivity index (χ0v) is 15.5. The highest BCUT2D eigenvalue weighted by molar-refractivity contribution is 5.35. The molecule has 0 saturated carbocycles. The Morgan fingerprint density at radius 3 is 2.31 bits per heavy atom. The van der Waals surface area contributed by atoms with E-state index in [9.17, 15) is 18.0 Å². The Morgan fingerprint density at radius 2 is 1.66 bits per heavy atom. The van der Waals surface area contributed by atoms with Gasteiger partial charge in [0.25, 0.3) is 0 Å². The zero-order chi connectivity index (χ0) is 20.4. The summed E-state index contributed by atoms with van der Waals surface area (Å²) in [5, 5.41) is 4.35. The number of halogens is 3. The monoisotopic (exact) mass is 407 g/mol. The second-order valence-corrected chi connectivity index (χ2v) is 6.94. The first kappa shape index (κ1) is 19.5. The largest absolute Gasteiger partial charge is 0.573 e. The molecule has 1 fully saturated rings. The summed E-state index contributed by atoms with van der Waals surface area (Å²) in [6.45, 7) is 4.21. The minimum absolute atomic E-state index is 0.163. The number of ether oxygens (including phenoxy) is 1. The van der Waals surface area contributed by atoms with Crippen molar-refractivity contribution in [1.82, 2.24) is 24.0 Å². The van der Waals surface area contributed by atoms with Crippen LogP contribution in [0.3, 0.4) is 0 Å². The molecule has 7 nitrogen and oxygen atoms in total. The Balaban J connectivity index is 1.30. The third-order valence-corrected chi connectivity index (χ3v) is 4.85. The van der Waals surface area contributed by atoms with Crippen LogP contribution in [0.15, 0.2) is 53.5 Å². The average molecular weight is 407 g/mol. The van der Waals surface area contributed by atoms with Crippen molar-refractivity contribution in [3.8, 4) is 5.75 Å². The van der Waals surface area contributed by atoms with Gasteiger partial charge >= 0.3 is 12.1 Å². The molecular formula is C19H20F3N5O2. The van der Waals surface area contributed by atoms with Gasteiger partial charge in [-0.25, -0.2) is 4.79 Å². The van der Waals surface area contributed by atoms with Crippen LogP contribution >= 0.6 is 0 Å². The lowest BCUT2D eigenvalue weighted by molar-refractivity contribution is -0.274. The Hall–Kier alpha value is -2.85. The Bertz CT molecular complexity index is 1020. The van der Waals surface area contributed by atoms with E-state index in [1.807, 2.05) is 6.07 Å². The van der Waals surface area contributed by atoms with Gasteiger partial charge in [0.15, 0.2) is 5.65 Å². The molecule has 10 heteroatoms. The third kappa shape index (κ3) is 4.77. The van der Waals surface area contributed by atoms with Crippen LogP contribution in [0.25, 0.3) is 5.65 Å². The minimum atomic E-state index is -4.68. The maximum absolute atomic E-state index is 12.4. The molecular weight excluding hydrogens is 387 g/mol. The number of benzene rings is 1. The fraction of sp³-hybridized carbons (Fsp3) is 0.368. The van der Waals surface area contributed by atoms with Gasteiger partial charge < -0.3 is 4.74 Å². The fourth-order valence-corrected chi connectivity index (χ4v) is 3.39. The molecule has 0 unspecified atom stereocenters. The first-order valence-electron chi connectivity index (χ1n) is 9.21. The maximum Gasteiger partial charge on any atom is 0.573 e. The van der Waals surface area contributed by atoms with Gasteiger partial charge in [-0.05, 0) is 29.8 Å². The van der Waals surface area contributed by atoms with Crippen molar-refractivity contribution in [2.45, 2.75) is 19.6 Å². The van der Waals surface area contributed by atoms with Crippen LogP contribution in [0.5, 0.6) is 5.75 Å². The molecule has 1 aliphatic rings. The molecule has 0 bridgehead atoms. The van der Waals surface area contributed by atoms with E-state index in [1.165, 1.54) is 21.2 Å². The van der Waals surface area contributed by atoms with Gasteiger partial charge in [-0.1, -0.05) is 18.2 Å². The standard InChI is InChI=1S/C19H20F3N5O2/c20-19(21,22)29-16-6-4-15(5-7-16)13-24-9-11-25(12-10-24)14-27-18(28)26-8-2-1-3-17(26)23-27/h1-8H,9-14H2. The molecule has 1 aromatic carbocycles. The predicted molar refractivity (Wildman–Crippen MR) is 99.4 cm³/mol. The first-order valence-corrected chi connectivity index (χ1v) is 9.21. The highest BCUT2D eigenvalue weighted by Crippen LogP contribution is 2.23. The molecule has 0 amide bonds. The van der Waals surface area contributed by atoms with Crippen LogP contribution in [0.4, 0.5) is 13.2 Å². The average Bonchev–Trinajstić information content (AvgIpc) is 3.00. The summed E-state index contributed by atoms with van der Waals surface area (Å²) in [4.78, 5) is 16.7. The Labute approximate surface area is 164 Å². The van der Waals surface area contributed by atoms with E-state index in [0.29, 0.717) is 18.9 Å². The lowest BCUT2D eigenvalue weighted by atomic mass is 10.2. The summed E-state index contributed by atoms with van der Waals surface area (Å²) in [7, 11) is 0. The summed E-state index contributed by atoms with van der Waals surface area (Å²) in [5.74, 6) is -0.219. The quantitative estimate of drug-likeness (QED) is 0.649. The normalized spacial score (nSPS) is 16.4. The molecule has 3 heterocycles. The van der Waals surface area contributed by atoms with Gasteiger partial charge in [-0.3, -0.25) is 14.2 Å². The van der Waals surface area contributed by atoms with Crippen molar-refractivity contribution in [3.05, 3.63) is 64.7 Å². The van der Waals surface area contributed by atoms with Crippen LogP contribution in [0, 0.1) is 0 Å². The minimum Gasteiger partial charge on any atom is -0.406 e. The predicted octanol–water partition coefficient (Wildman–Crippen LogP) is 2.17. The topological polar surface area (TPSA) is 55.0 Å². The van der Waals surface area contributed by atoms with Crippen molar-refractivity contribution in [3.63, 3.8) is 0 Å². The number of alkyl halides is 3. The lowest BCUT2D eigenvalue weighted by Crippen LogP contribution is -2.47.